The molecular formula is C22H24N2O4S. The molecule has 1 heterocycles. The van der Waals surface area contributed by atoms with Gasteiger partial charge in [-0.15, -0.1) is 0 Å². The first-order valence-electron chi connectivity index (χ1n) is 9.33. The zero-order chi connectivity index (χ0) is 20.8. The summed E-state index contributed by atoms with van der Waals surface area (Å²) in [6.45, 7) is 4.63. The summed E-state index contributed by atoms with van der Waals surface area (Å²) in [6, 6.07) is 15.1. The Morgan fingerprint density at radius 1 is 1.10 bits per heavy atom. The van der Waals surface area contributed by atoms with Crippen LogP contribution in [0.4, 0.5) is 0 Å². The molecule has 0 unspecified atom stereocenters. The second kappa shape index (κ2) is 9.43. The number of carbonyl (C=O) groups excluding carboxylic acids is 1. The summed E-state index contributed by atoms with van der Waals surface area (Å²) in [4.78, 5) is 12.3. The number of rotatable bonds is 7. The van der Waals surface area contributed by atoms with E-state index < -0.39 is 12.0 Å². The third-order valence-electron chi connectivity index (χ3n) is 4.51. The van der Waals surface area contributed by atoms with Gasteiger partial charge in [-0.2, -0.15) is 0 Å². The zero-order valence-electron chi connectivity index (χ0n) is 16.7. The molecule has 0 aliphatic carbocycles. The summed E-state index contributed by atoms with van der Waals surface area (Å²) < 4.78 is 16.7. The molecule has 7 heteroatoms. The number of hydrogen-bond donors (Lipinski definition) is 2. The molecule has 0 radical (unpaired) electrons. The molecule has 6 nitrogen and oxygen atoms in total. The fraction of sp³-hybridized carbons (Fsp3) is 0.273. The summed E-state index contributed by atoms with van der Waals surface area (Å²) in [5.74, 6) is 0.822. The van der Waals surface area contributed by atoms with Crippen molar-refractivity contribution in [2.45, 2.75) is 26.5 Å². The molecule has 152 valence electrons. The van der Waals surface area contributed by atoms with Crippen LogP contribution < -0.4 is 20.1 Å². The Morgan fingerprint density at radius 3 is 2.55 bits per heavy atom. The molecular weight excluding hydrogens is 388 g/mol. The zero-order valence-corrected chi connectivity index (χ0v) is 17.5. The molecule has 1 aliphatic rings. The van der Waals surface area contributed by atoms with Crippen LogP contribution in [0.3, 0.4) is 0 Å². The van der Waals surface area contributed by atoms with Crippen LogP contribution in [0.5, 0.6) is 11.5 Å². The lowest BCUT2D eigenvalue weighted by atomic mass is 9.95. The summed E-state index contributed by atoms with van der Waals surface area (Å²) in [6.07, 6.45) is 0. The molecule has 2 N–H and O–H groups in total. The number of benzene rings is 2. The number of ether oxygens (including phenoxy) is 3. The molecule has 2 aromatic carbocycles. The van der Waals surface area contributed by atoms with Crippen LogP contribution in [0.15, 0.2) is 59.8 Å². The van der Waals surface area contributed by atoms with Gasteiger partial charge in [-0.05, 0) is 49.3 Å². The van der Waals surface area contributed by atoms with Gasteiger partial charge in [0, 0.05) is 5.70 Å². The van der Waals surface area contributed by atoms with Crippen molar-refractivity contribution in [2.24, 2.45) is 0 Å². The van der Waals surface area contributed by atoms with E-state index >= 15 is 0 Å². The molecule has 0 spiro atoms. The Kier molecular flexibility index (Phi) is 6.72. The third kappa shape index (κ3) is 4.86. The van der Waals surface area contributed by atoms with Crippen LogP contribution in [-0.2, 0) is 16.1 Å². The van der Waals surface area contributed by atoms with Gasteiger partial charge in [0.05, 0.1) is 25.3 Å². The normalized spacial score (nSPS) is 16.0. The standard InChI is InChI=1S/C22H24N2O4S/c1-4-27-18-12-16(10-11-17(18)28-13-15-8-6-5-7-9-15)20-19(21(25)26-3)14(2)23-22(29)24-20/h5-12,20H,4,13H2,1-3H3,(H2,23,24,29)/t20-/m1/s1. The average Bonchev–Trinajstić information content (AvgIpc) is 2.72. The van der Waals surface area contributed by atoms with Crippen LogP contribution in [0.2, 0.25) is 0 Å². The largest absolute Gasteiger partial charge is 0.490 e. The fourth-order valence-electron chi connectivity index (χ4n) is 3.15. The van der Waals surface area contributed by atoms with E-state index in [1.807, 2.05) is 55.5 Å². The highest BCUT2D eigenvalue weighted by molar-refractivity contribution is 7.80. The summed E-state index contributed by atoms with van der Waals surface area (Å²) >= 11 is 5.28. The van der Waals surface area contributed by atoms with E-state index in [0.717, 1.165) is 11.1 Å². The van der Waals surface area contributed by atoms with Crippen molar-refractivity contribution in [3.05, 3.63) is 70.9 Å². The fourth-order valence-corrected chi connectivity index (χ4v) is 3.42. The monoisotopic (exact) mass is 412 g/mol. The Morgan fingerprint density at radius 2 is 1.86 bits per heavy atom. The number of allylic oxidation sites excluding steroid dienone is 1. The van der Waals surface area contributed by atoms with E-state index in [1.165, 1.54) is 7.11 Å². The van der Waals surface area contributed by atoms with Crippen LogP contribution in [-0.4, -0.2) is 24.8 Å². The quantitative estimate of drug-likeness (QED) is 0.532. The lowest BCUT2D eigenvalue weighted by molar-refractivity contribution is -0.136. The summed E-state index contributed by atoms with van der Waals surface area (Å²) in [5.41, 5.74) is 3.02. The minimum absolute atomic E-state index is 0.419. The van der Waals surface area contributed by atoms with Gasteiger partial charge in [0.25, 0.3) is 0 Å². The van der Waals surface area contributed by atoms with Gasteiger partial charge in [-0.1, -0.05) is 36.4 Å². The van der Waals surface area contributed by atoms with Gasteiger partial charge in [-0.25, -0.2) is 4.79 Å². The molecule has 3 rings (SSSR count). The molecule has 1 aliphatic heterocycles. The number of methoxy groups -OCH3 is 1. The Bertz CT molecular complexity index is 928. The minimum atomic E-state index is -0.446. The molecule has 0 aromatic heterocycles. The molecule has 29 heavy (non-hydrogen) atoms. The van der Waals surface area contributed by atoms with E-state index in [0.29, 0.717) is 41.1 Å². The topological polar surface area (TPSA) is 68.8 Å². The van der Waals surface area contributed by atoms with Crippen molar-refractivity contribution in [3.8, 4) is 11.5 Å². The molecule has 0 saturated carbocycles. The molecule has 0 fully saturated rings. The van der Waals surface area contributed by atoms with Crippen molar-refractivity contribution in [1.29, 1.82) is 0 Å². The van der Waals surface area contributed by atoms with Gasteiger partial charge < -0.3 is 24.8 Å². The van der Waals surface area contributed by atoms with Gasteiger partial charge in [-0.3, -0.25) is 0 Å². The van der Waals surface area contributed by atoms with Gasteiger partial charge in [0.15, 0.2) is 16.6 Å². The first-order valence-corrected chi connectivity index (χ1v) is 9.74. The highest BCUT2D eigenvalue weighted by atomic mass is 32.1. The molecule has 0 saturated heterocycles. The number of carbonyl (C=O) groups is 1. The van der Waals surface area contributed by atoms with E-state index in [-0.39, 0.29) is 0 Å². The van der Waals surface area contributed by atoms with E-state index in [1.54, 1.807) is 6.92 Å². The van der Waals surface area contributed by atoms with Crippen LogP contribution in [0.1, 0.15) is 31.0 Å². The highest BCUT2D eigenvalue weighted by Crippen LogP contribution is 2.35. The first-order chi connectivity index (χ1) is 14.0. The Hall–Kier alpha value is -3.06. The van der Waals surface area contributed by atoms with Crippen molar-refractivity contribution in [3.63, 3.8) is 0 Å². The SMILES string of the molecule is CCOc1cc([C@H]2NC(=S)NC(C)=C2C(=O)OC)ccc1OCc1ccccc1. The van der Waals surface area contributed by atoms with Crippen molar-refractivity contribution in [2.75, 3.05) is 13.7 Å². The smallest absolute Gasteiger partial charge is 0.337 e. The summed E-state index contributed by atoms with van der Waals surface area (Å²) in [5, 5.41) is 6.56. The van der Waals surface area contributed by atoms with E-state index in [4.69, 9.17) is 26.4 Å². The molecule has 0 bridgehead atoms. The maximum atomic E-state index is 12.3. The maximum Gasteiger partial charge on any atom is 0.337 e. The van der Waals surface area contributed by atoms with Crippen molar-refractivity contribution in [1.82, 2.24) is 10.6 Å². The number of thiocarbonyl (C=S) groups is 1. The number of esters is 1. The third-order valence-corrected chi connectivity index (χ3v) is 4.73. The van der Waals surface area contributed by atoms with Gasteiger partial charge in [0.2, 0.25) is 0 Å². The molecule has 2 aromatic rings. The highest BCUT2D eigenvalue weighted by Gasteiger charge is 2.31. The number of nitrogens with one attached hydrogen (secondary N) is 2. The Balaban J connectivity index is 1.91. The first kappa shape index (κ1) is 20.7. The van der Waals surface area contributed by atoms with Crippen LogP contribution in [0, 0.1) is 0 Å². The van der Waals surface area contributed by atoms with Gasteiger partial charge >= 0.3 is 5.97 Å². The predicted molar refractivity (Wildman–Crippen MR) is 115 cm³/mol. The molecule has 1 atom stereocenters. The van der Waals surface area contributed by atoms with Crippen LogP contribution in [0.25, 0.3) is 0 Å². The predicted octanol–water partition coefficient (Wildman–Crippen LogP) is 3.63. The van der Waals surface area contributed by atoms with E-state index in [9.17, 15) is 4.79 Å². The second-order valence-corrected chi connectivity index (χ2v) is 6.88. The minimum Gasteiger partial charge on any atom is -0.490 e. The van der Waals surface area contributed by atoms with Crippen LogP contribution >= 0.6 is 12.2 Å². The lowest BCUT2D eigenvalue weighted by Gasteiger charge is -2.30. The summed E-state index contributed by atoms with van der Waals surface area (Å²) in [7, 11) is 1.36. The Labute approximate surface area is 175 Å². The van der Waals surface area contributed by atoms with Crippen molar-refractivity contribution < 1.29 is 19.0 Å². The van der Waals surface area contributed by atoms with Gasteiger partial charge in [0.1, 0.15) is 6.61 Å². The number of hydrogen-bond acceptors (Lipinski definition) is 5. The second-order valence-electron chi connectivity index (χ2n) is 6.48. The lowest BCUT2D eigenvalue weighted by Crippen LogP contribution is -2.45. The van der Waals surface area contributed by atoms with Crippen molar-refractivity contribution >= 4 is 23.3 Å². The average molecular weight is 413 g/mol. The molecule has 0 amide bonds. The van der Waals surface area contributed by atoms with E-state index in [2.05, 4.69) is 10.6 Å². The maximum absolute atomic E-state index is 12.3.